The molecule has 6 heteroatoms. The number of carbonyl (C=O) groups is 3. The zero-order chi connectivity index (χ0) is 40.5. The summed E-state index contributed by atoms with van der Waals surface area (Å²) >= 11 is 0. The van der Waals surface area contributed by atoms with Gasteiger partial charge in [-0.25, -0.2) is 0 Å². The van der Waals surface area contributed by atoms with Crippen molar-refractivity contribution in [2.24, 2.45) is 11.8 Å². The van der Waals surface area contributed by atoms with E-state index >= 15 is 0 Å². The Balaban J connectivity index is 4.21. The monoisotopic (exact) mass is 779 g/mol. The standard InChI is InChI=1S/C49H94O6/c1-6-7-8-9-10-18-25-31-36-41-49(52)55-46(43-54-48(51)40-35-30-26-21-23-28-33-38-45(4)5)42-53-47(50)39-34-29-24-20-17-15-13-11-12-14-16-19-22-27-32-37-44(2)3/h44-46H,6-43H2,1-5H3/t46-/m0/s1. The molecule has 0 rings (SSSR count). The van der Waals surface area contributed by atoms with Gasteiger partial charge in [0.15, 0.2) is 6.10 Å². The molecule has 0 N–H and O–H groups in total. The number of unbranched alkanes of at least 4 members (excludes halogenated alkanes) is 28. The lowest BCUT2D eigenvalue weighted by atomic mass is 10.0. The van der Waals surface area contributed by atoms with E-state index in [0.29, 0.717) is 19.3 Å². The molecule has 0 radical (unpaired) electrons. The summed E-state index contributed by atoms with van der Waals surface area (Å²) in [4.78, 5) is 37.7. The Kier molecular flexibility index (Phi) is 40.8. The van der Waals surface area contributed by atoms with Crippen LogP contribution in [0, 0.1) is 11.8 Å². The van der Waals surface area contributed by atoms with Crippen LogP contribution in [0.5, 0.6) is 0 Å². The molecule has 0 saturated carbocycles. The van der Waals surface area contributed by atoms with E-state index in [-0.39, 0.29) is 31.1 Å². The van der Waals surface area contributed by atoms with Gasteiger partial charge in [0, 0.05) is 19.3 Å². The Labute approximate surface area is 342 Å². The van der Waals surface area contributed by atoms with Crippen LogP contribution in [0.2, 0.25) is 0 Å². The topological polar surface area (TPSA) is 78.9 Å². The van der Waals surface area contributed by atoms with E-state index in [2.05, 4.69) is 34.6 Å². The third-order valence-electron chi connectivity index (χ3n) is 11.0. The molecule has 326 valence electrons. The summed E-state index contributed by atoms with van der Waals surface area (Å²) in [7, 11) is 0. The SMILES string of the molecule is CCCCCCCCCCCC(=O)O[C@@H](COC(=O)CCCCCCCCCCCCCCCCCC(C)C)COC(=O)CCCCCCCCCC(C)C. The van der Waals surface area contributed by atoms with Crippen molar-refractivity contribution < 1.29 is 28.6 Å². The van der Waals surface area contributed by atoms with Crippen molar-refractivity contribution in [3.8, 4) is 0 Å². The highest BCUT2D eigenvalue weighted by Gasteiger charge is 2.19. The Morgan fingerprint density at radius 2 is 0.600 bits per heavy atom. The Morgan fingerprint density at radius 3 is 0.891 bits per heavy atom. The zero-order valence-corrected chi connectivity index (χ0v) is 37.6. The van der Waals surface area contributed by atoms with Gasteiger partial charge in [0.05, 0.1) is 0 Å². The molecule has 6 nitrogen and oxygen atoms in total. The van der Waals surface area contributed by atoms with Crippen molar-refractivity contribution in [3.05, 3.63) is 0 Å². The van der Waals surface area contributed by atoms with E-state index < -0.39 is 6.10 Å². The molecule has 0 fully saturated rings. The van der Waals surface area contributed by atoms with E-state index in [1.165, 1.54) is 154 Å². The van der Waals surface area contributed by atoms with Crippen LogP contribution in [0.3, 0.4) is 0 Å². The highest BCUT2D eigenvalue weighted by atomic mass is 16.6. The lowest BCUT2D eigenvalue weighted by Gasteiger charge is -2.18. The van der Waals surface area contributed by atoms with Gasteiger partial charge in [-0.1, -0.05) is 227 Å². The summed E-state index contributed by atoms with van der Waals surface area (Å²) < 4.78 is 16.7. The molecule has 0 aliphatic heterocycles. The highest BCUT2D eigenvalue weighted by molar-refractivity contribution is 5.71. The van der Waals surface area contributed by atoms with Gasteiger partial charge in [-0.05, 0) is 31.1 Å². The van der Waals surface area contributed by atoms with E-state index in [4.69, 9.17) is 14.2 Å². The van der Waals surface area contributed by atoms with E-state index in [9.17, 15) is 14.4 Å². The van der Waals surface area contributed by atoms with Gasteiger partial charge in [0.25, 0.3) is 0 Å². The summed E-state index contributed by atoms with van der Waals surface area (Å²) in [5, 5.41) is 0. The lowest BCUT2D eigenvalue weighted by molar-refractivity contribution is -0.167. The number of rotatable bonds is 43. The molecule has 0 bridgehead atoms. The van der Waals surface area contributed by atoms with E-state index in [1.54, 1.807) is 0 Å². The van der Waals surface area contributed by atoms with Gasteiger partial charge < -0.3 is 14.2 Å². The average Bonchev–Trinajstić information content (AvgIpc) is 3.15. The Hall–Kier alpha value is -1.59. The quantitative estimate of drug-likeness (QED) is 0.0348. The van der Waals surface area contributed by atoms with Crippen molar-refractivity contribution >= 4 is 17.9 Å². The van der Waals surface area contributed by atoms with Gasteiger partial charge in [0.1, 0.15) is 13.2 Å². The molecule has 0 aliphatic carbocycles. The smallest absolute Gasteiger partial charge is 0.306 e. The maximum atomic E-state index is 12.7. The minimum Gasteiger partial charge on any atom is -0.462 e. The van der Waals surface area contributed by atoms with Crippen LogP contribution in [-0.4, -0.2) is 37.2 Å². The first-order chi connectivity index (χ1) is 26.7. The predicted molar refractivity (Wildman–Crippen MR) is 233 cm³/mol. The summed E-state index contributed by atoms with van der Waals surface area (Å²) in [5.41, 5.74) is 0. The molecule has 0 aromatic rings. The fourth-order valence-electron chi connectivity index (χ4n) is 7.28. The number of hydrogen-bond acceptors (Lipinski definition) is 6. The van der Waals surface area contributed by atoms with Gasteiger partial charge >= 0.3 is 17.9 Å². The fourth-order valence-corrected chi connectivity index (χ4v) is 7.28. The predicted octanol–water partition coefficient (Wildman–Crippen LogP) is 15.4. The summed E-state index contributed by atoms with van der Waals surface area (Å²) in [6.45, 7) is 11.3. The van der Waals surface area contributed by atoms with Crippen LogP contribution < -0.4 is 0 Å². The lowest BCUT2D eigenvalue weighted by Crippen LogP contribution is -2.30. The molecular formula is C49H94O6. The molecule has 0 amide bonds. The van der Waals surface area contributed by atoms with Gasteiger partial charge in [0.2, 0.25) is 0 Å². The molecule has 1 atom stereocenters. The van der Waals surface area contributed by atoms with Crippen molar-refractivity contribution in [2.45, 2.75) is 272 Å². The zero-order valence-electron chi connectivity index (χ0n) is 37.6. The first-order valence-electron chi connectivity index (χ1n) is 24.2. The van der Waals surface area contributed by atoms with Crippen LogP contribution in [0.1, 0.15) is 266 Å². The molecule has 0 unspecified atom stereocenters. The number of carbonyl (C=O) groups excluding carboxylic acids is 3. The second-order valence-corrected chi connectivity index (χ2v) is 17.7. The molecular weight excluding hydrogens is 685 g/mol. The first kappa shape index (κ1) is 53.4. The normalized spacial score (nSPS) is 12.1. The fraction of sp³-hybridized carbons (Fsp3) is 0.939. The van der Waals surface area contributed by atoms with Gasteiger partial charge in [-0.15, -0.1) is 0 Å². The van der Waals surface area contributed by atoms with Gasteiger partial charge in [-0.2, -0.15) is 0 Å². The van der Waals surface area contributed by atoms with Crippen molar-refractivity contribution in [3.63, 3.8) is 0 Å². The Bertz CT molecular complexity index is 839. The highest BCUT2D eigenvalue weighted by Crippen LogP contribution is 2.17. The van der Waals surface area contributed by atoms with Crippen LogP contribution in [0.4, 0.5) is 0 Å². The third-order valence-corrected chi connectivity index (χ3v) is 11.0. The largest absolute Gasteiger partial charge is 0.462 e. The van der Waals surface area contributed by atoms with Crippen LogP contribution in [0.15, 0.2) is 0 Å². The Morgan fingerprint density at radius 1 is 0.345 bits per heavy atom. The number of esters is 3. The maximum Gasteiger partial charge on any atom is 0.306 e. The minimum absolute atomic E-state index is 0.0648. The van der Waals surface area contributed by atoms with Crippen molar-refractivity contribution in [1.29, 1.82) is 0 Å². The van der Waals surface area contributed by atoms with Crippen molar-refractivity contribution in [2.75, 3.05) is 13.2 Å². The number of ether oxygens (including phenoxy) is 3. The molecule has 0 aromatic carbocycles. The maximum absolute atomic E-state index is 12.7. The molecule has 55 heavy (non-hydrogen) atoms. The van der Waals surface area contributed by atoms with Crippen LogP contribution in [0.25, 0.3) is 0 Å². The molecule has 0 heterocycles. The molecule has 0 aromatic heterocycles. The summed E-state index contributed by atoms with van der Waals surface area (Å²) in [6.07, 6.45) is 41.0. The summed E-state index contributed by atoms with van der Waals surface area (Å²) in [5.74, 6) is 0.773. The van der Waals surface area contributed by atoms with Gasteiger partial charge in [-0.3, -0.25) is 14.4 Å². The second kappa shape index (κ2) is 42.0. The third kappa shape index (κ3) is 43.4. The average molecular weight is 779 g/mol. The minimum atomic E-state index is -0.760. The molecule has 0 saturated heterocycles. The first-order valence-corrected chi connectivity index (χ1v) is 24.2. The second-order valence-electron chi connectivity index (χ2n) is 17.7. The van der Waals surface area contributed by atoms with Crippen molar-refractivity contribution in [1.82, 2.24) is 0 Å². The summed E-state index contributed by atoms with van der Waals surface area (Å²) in [6, 6.07) is 0. The van der Waals surface area contributed by atoms with E-state index in [1.807, 2.05) is 0 Å². The molecule has 0 spiro atoms. The number of hydrogen-bond donors (Lipinski definition) is 0. The molecule has 0 aliphatic rings. The van der Waals surface area contributed by atoms with E-state index in [0.717, 1.165) is 69.6 Å². The van der Waals surface area contributed by atoms with Crippen LogP contribution >= 0.6 is 0 Å². The van der Waals surface area contributed by atoms with Crippen LogP contribution in [-0.2, 0) is 28.6 Å².